The van der Waals surface area contributed by atoms with E-state index < -0.39 is 0 Å². The lowest BCUT2D eigenvalue weighted by molar-refractivity contribution is 0.0722. The number of rotatable bonds is 2. The number of nitrogens with zero attached hydrogens (tertiary/aromatic N) is 4. The molecule has 4 aromatic rings. The average molecular weight is 659 g/mol. The summed E-state index contributed by atoms with van der Waals surface area (Å²) < 4.78 is 7.39. The molecule has 0 aliphatic carbocycles. The second-order valence-electron chi connectivity index (χ2n) is 13.7. The molecule has 0 radical (unpaired) electrons. The molecule has 0 unspecified atom stereocenters. The molecular formula is C41H62N4O3. The van der Waals surface area contributed by atoms with Crippen LogP contribution in [0, 0.1) is 0 Å². The van der Waals surface area contributed by atoms with E-state index in [1.165, 1.54) is 0 Å². The van der Waals surface area contributed by atoms with Crippen LogP contribution in [0.5, 0.6) is 0 Å². The molecular weight excluding hydrogens is 596 g/mol. The molecule has 2 aliphatic heterocycles. The van der Waals surface area contributed by atoms with E-state index in [0.717, 1.165) is 34.7 Å². The van der Waals surface area contributed by atoms with E-state index >= 15 is 0 Å². The van der Waals surface area contributed by atoms with Crippen LogP contribution in [0.15, 0.2) is 89.9 Å². The van der Waals surface area contributed by atoms with Crippen molar-refractivity contribution in [1.29, 1.82) is 0 Å². The molecule has 0 spiro atoms. The number of hydrogen-bond acceptors (Lipinski definition) is 4. The fourth-order valence-electron chi connectivity index (χ4n) is 4.74. The van der Waals surface area contributed by atoms with E-state index in [4.69, 9.17) is 4.42 Å². The molecule has 2 amide bonds. The van der Waals surface area contributed by atoms with Crippen LogP contribution in [0.2, 0.25) is 0 Å². The van der Waals surface area contributed by atoms with Crippen LogP contribution in [-0.4, -0.2) is 43.2 Å². The van der Waals surface area contributed by atoms with Gasteiger partial charge in [0.25, 0.3) is 11.8 Å². The predicted octanol–water partition coefficient (Wildman–Crippen LogP) is 10.4. The van der Waals surface area contributed by atoms with Crippen LogP contribution < -0.4 is 0 Å². The van der Waals surface area contributed by atoms with Crippen LogP contribution in [0.1, 0.15) is 135 Å². The highest BCUT2D eigenvalue weighted by atomic mass is 16.3. The molecule has 7 nitrogen and oxygen atoms in total. The third-order valence-corrected chi connectivity index (χ3v) is 7.44. The molecule has 1 aromatic carbocycles. The topological polar surface area (TPSA) is 71.6 Å². The first-order valence-electron chi connectivity index (χ1n) is 17.4. The molecule has 0 saturated heterocycles. The number of carbonyl (C=O) groups excluding carboxylic acids is 2. The maximum Gasteiger partial charge on any atom is 0.256 e. The van der Waals surface area contributed by atoms with Crippen molar-refractivity contribution in [2.75, 3.05) is 0 Å². The molecule has 7 heteroatoms. The van der Waals surface area contributed by atoms with Crippen LogP contribution >= 0.6 is 0 Å². The highest BCUT2D eigenvalue weighted by molar-refractivity contribution is 5.98. The van der Waals surface area contributed by atoms with Crippen molar-refractivity contribution >= 4 is 11.8 Å². The largest absolute Gasteiger partial charge is 0.469 e. The van der Waals surface area contributed by atoms with Crippen molar-refractivity contribution in [3.63, 3.8) is 0 Å². The van der Waals surface area contributed by atoms with Crippen LogP contribution in [0.3, 0.4) is 0 Å². The average Bonchev–Trinajstić information content (AvgIpc) is 3.88. The maximum atomic E-state index is 11.8. The molecule has 0 bridgehead atoms. The Hall–Kier alpha value is -4.13. The Kier molecular flexibility index (Phi) is 17.1. The van der Waals surface area contributed by atoms with Gasteiger partial charge in [0.2, 0.25) is 0 Å². The van der Waals surface area contributed by atoms with E-state index in [9.17, 15) is 9.59 Å². The first kappa shape index (κ1) is 41.9. The quantitative estimate of drug-likeness (QED) is 0.215. The monoisotopic (exact) mass is 658 g/mol. The summed E-state index contributed by atoms with van der Waals surface area (Å²) in [6.45, 7) is 30.5. The lowest BCUT2D eigenvalue weighted by Gasteiger charge is -2.20. The lowest BCUT2D eigenvalue weighted by atomic mass is 9.94. The summed E-state index contributed by atoms with van der Waals surface area (Å²) in [7, 11) is 0. The predicted molar refractivity (Wildman–Crippen MR) is 200 cm³/mol. The van der Waals surface area contributed by atoms with E-state index in [0.29, 0.717) is 12.6 Å². The van der Waals surface area contributed by atoms with Gasteiger partial charge in [-0.15, -0.1) is 0 Å². The number of aromatic nitrogens is 2. The Morgan fingerprint density at radius 1 is 0.667 bits per heavy atom. The smallest absolute Gasteiger partial charge is 0.256 e. The van der Waals surface area contributed by atoms with Crippen molar-refractivity contribution < 1.29 is 14.0 Å². The number of pyridine rings is 1. The third-order valence-electron chi connectivity index (χ3n) is 7.44. The van der Waals surface area contributed by atoms with Gasteiger partial charge >= 0.3 is 0 Å². The normalized spacial score (nSPS) is 13.0. The summed E-state index contributed by atoms with van der Waals surface area (Å²) in [6.07, 6.45) is 7.61. The van der Waals surface area contributed by atoms with E-state index in [1.54, 1.807) is 18.5 Å². The number of amides is 2. The van der Waals surface area contributed by atoms with Crippen LogP contribution in [0.4, 0.5) is 0 Å². The molecule has 0 saturated carbocycles. The van der Waals surface area contributed by atoms with Gasteiger partial charge in [0.05, 0.1) is 24.1 Å². The van der Waals surface area contributed by atoms with Crippen LogP contribution in [0.25, 0.3) is 0 Å². The van der Waals surface area contributed by atoms with E-state index in [2.05, 4.69) is 63.5 Å². The molecule has 0 fully saturated rings. The fraction of sp³-hybridized carbons (Fsp3) is 0.488. The number of carbonyl (C=O) groups is 2. The van der Waals surface area contributed by atoms with Gasteiger partial charge in [-0.1, -0.05) is 66.7 Å². The molecule has 264 valence electrons. The van der Waals surface area contributed by atoms with E-state index in [1.807, 2.05) is 120 Å². The molecule has 3 aromatic heterocycles. The van der Waals surface area contributed by atoms with Gasteiger partial charge in [0.1, 0.15) is 5.76 Å². The van der Waals surface area contributed by atoms with Crippen molar-refractivity contribution in [2.45, 2.75) is 133 Å². The summed E-state index contributed by atoms with van der Waals surface area (Å²) in [4.78, 5) is 31.4. The molecule has 6 rings (SSSR count). The first-order valence-corrected chi connectivity index (χ1v) is 17.4. The number of hydrogen-bond donors (Lipinski definition) is 0. The molecule has 0 N–H and O–H groups in total. The van der Waals surface area contributed by atoms with Crippen molar-refractivity contribution in [3.05, 3.63) is 114 Å². The van der Waals surface area contributed by atoms with Gasteiger partial charge in [0, 0.05) is 53.7 Å². The zero-order chi connectivity index (χ0) is 36.7. The van der Waals surface area contributed by atoms with Gasteiger partial charge in [-0.25, -0.2) is 0 Å². The zero-order valence-electron chi connectivity index (χ0n) is 32.2. The van der Waals surface area contributed by atoms with Gasteiger partial charge in [-0.05, 0) is 96.5 Å². The summed E-state index contributed by atoms with van der Waals surface area (Å²) in [5, 5.41) is 0. The standard InChI is InChI=1S/C11H13NO.C10H12N2O.C8H13N.C8H12O.2C2H6/c1-8(2)12-7-9-5-3-4-6-10(9)11(12)13;1-7(2)12-6-9-8(10(12)13)4-3-5-11-9;1-8(2,3)9-6-4-5-7-9;1-8(2,3)7-5-4-6-9-7;2*1-2/h3-6,8H,7H2,1-2H3;3-5,7H,6H2,1-2H3;4-7H,1-3H3;4-6H,1-3H3;2*1-2H3. The van der Waals surface area contributed by atoms with Crippen LogP contribution in [-0.2, 0) is 24.0 Å². The lowest BCUT2D eigenvalue weighted by Crippen LogP contribution is -2.30. The number of furan rings is 1. The summed E-state index contributed by atoms with van der Waals surface area (Å²) in [5.74, 6) is 1.33. The Bertz CT molecular complexity index is 1360. The second-order valence-corrected chi connectivity index (χ2v) is 13.7. The zero-order valence-corrected chi connectivity index (χ0v) is 32.2. The Morgan fingerprint density at radius 2 is 1.19 bits per heavy atom. The molecule has 2 aliphatic rings. The number of benzene rings is 1. The summed E-state index contributed by atoms with van der Waals surface area (Å²) in [6, 6.07) is 20.0. The Balaban J connectivity index is 0.000000313. The molecule has 48 heavy (non-hydrogen) atoms. The summed E-state index contributed by atoms with van der Waals surface area (Å²) >= 11 is 0. The van der Waals surface area contributed by atoms with E-state index in [-0.39, 0.29) is 28.8 Å². The minimum atomic E-state index is 0.109. The van der Waals surface area contributed by atoms with Crippen molar-refractivity contribution in [1.82, 2.24) is 19.4 Å². The first-order chi connectivity index (χ1) is 22.6. The Morgan fingerprint density at radius 3 is 1.60 bits per heavy atom. The SMILES string of the molecule is CC.CC.CC(C)(C)c1ccco1.CC(C)(C)n1cccc1.CC(C)N1Cc2ccccc2C1=O.CC(C)N1Cc2ncccc2C1=O. The van der Waals surface area contributed by atoms with Crippen molar-refractivity contribution in [3.8, 4) is 0 Å². The second kappa shape index (κ2) is 19.6. The van der Waals surface area contributed by atoms with Gasteiger partial charge in [0.15, 0.2) is 0 Å². The number of fused-ring (bicyclic) bond motifs is 2. The third kappa shape index (κ3) is 12.1. The molecule has 0 atom stereocenters. The minimum Gasteiger partial charge on any atom is -0.469 e. The molecule has 5 heterocycles. The van der Waals surface area contributed by atoms with Crippen molar-refractivity contribution in [2.24, 2.45) is 0 Å². The highest BCUT2D eigenvalue weighted by Gasteiger charge is 2.29. The summed E-state index contributed by atoms with van der Waals surface area (Å²) in [5.41, 5.74) is 4.09. The Labute approximate surface area is 291 Å². The fourth-order valence-corrected chi connectivity index (χ4v) is 4.74. The minimum absolute atomic E-state index is 0.109. The van der Waals surface area contributed by atoms with Gasteiger partial charge in [-0.3, -0.25) is 14.6 Å². The van der Waals surface area contributed by atoms with Gasteiger partial charge < -0.3 is 18.8 Å². The highest BCUT2D eigenvalue weighted by Crippen LogP contribution is 2.24. The maximum absolute atomic E-state index is 11.8. The van der Waals surface area contributed by atoms with Gasteiger partial charge in [-0.2, -0.15) is 0 Å².